The maximum Gasteiger partial charge on any atom is 0.135 e. The molecule has 1 aromatic rings. The van der Waals surface area contributed by atoms with Crippen molar-refractivity contribution in [1.29, 1.82) is 0 Å². The smallest absolute Gasteiger partial charge is 0.135 e. The molecule has 3 heteroatoms. The van der Waals surface area contributed by atoms with Gasteiger partial charge >= 0.3 is 0 Å². The van der Waals surface area contributed by atoms with Crippen molar-refractivity contribution >= 4 is 5.78 Å². The lowest BCUT2D eigenvalue weighted by Gasteiger charge is -2.39. The maximum atomic E-state index is 11.7. The van der Waals surface area contributed by atoms with Gasteiger partial charge in [-0.05, 0) is 25.0 Å². The number of ketones is 1. The summed E-state index contributed by atoms with van der Waals surface area (Å²) in [6.45, 7) is 7.82. The molecule has 2 rings (SSSR count). The molecule has 0 spiro atoms. The van der Waals surface area contributed by atoms with Gasteiger partial charge in [0, 0.05) is 24.9 Å². The van der Waals surface area contributed by atoms with Crippen LogP contribution in [0.1, 0.15) is 55.9 Å². The molecule has 0 unspecified atom stereocenters. The second kappa shape index (κ2) is 6.06. The molecule has 0 aromatic heterocycles. The Morgan fingerprint density at radius 2 is 2.10 bits per heavy atom. The largest absolute Gasteiger partial charge is 0.396 e. The van der Waals surface area contributed by atoms with Gasteiger partial charge in [0.25, 0.3) is 0 Å². The molecule has 0 bridgehead atoms. The van der Waals surface area contributed by atoms with Crippen molar-refractivity contribution in [3.8, 4) is 0 Å². The summed E-state index contributed by atoms with van der Waals surface area (Å²) < 4.78 is 6.16. The minimum absolute atomic E-state index is 0.0909. The zero-order valence-corrected chi connectivity index (χ0v) is 12.7. The van der Waals surface area contributed by atoms with Crippen LogP contribution in [0.3, 0.4) is 0 Å². The molecule has 0 amide bonds. The fourth-order valence-corrected chi connectivity index (χ4v) is 3.07. The van der Waals surface area contributed by atoms with E-state index >= 15 is 0 Å². The zero-order chi connectivity index (χ0) is 14.9. The van der Waals surface area contributed by atoms with Gasteiger partial charge < -0.3 is 9.84 Å². The number of aliphatic hydroxyl groups is 1. The second-order valence-corrected chi connectivity index (χ2v) is 5.92. The predicted molar refractivity (Wildman–Crippen MR) is 78.8 cm³/mol. The van der Waals surface area contributed by atoms with Crippen LogP contribution in [0.4, 0.5) is 0 Å². The van der Waals surface area contributed by atoms with E-state index in [0.717, 1.165) is 0 Å². The third kappa shape index (κ3) is 2.79. The molecule has 0 fully saturated rings. The molecular formula is C17H24O3. The van der Waals surface area contributed by atoms with Crippen LogP contribution in [0.15, 0.2) is 18.2 Å². The lowest BCUT2D eigenvalue weighted by molar-refractivity contribution is -0.131. The van der Waals surface area contributed by atoms with E-state index in [2.05, 4.69) is 32.0 Å². The Bertz CT molecular complexity index is 495. The Hall–Kier alpha value is -1.19. The molecule has 1 heterocycles. The molecule has 1 aliphatic rings. The van der Waals surface area contributed by atoms with Crippen molar-refractivity contribution in [3.05, 3.63) is 34.9 Å². The summed E-state index contributed by atoms with van der Waals surface area (Å²) in [6.07, 6.45) is 0.349. The molecule has 20 heavy (non-hydrogen) atoms. The number of hydrogen-bond acceptors (Lipinski definition) is 3. The van der Waals surface area contributed by atoms with Crippen LogP contribution >= 0.6 is 0 Å². The van der Waals surface area contributed by atoms with Gasteiger partial charge in [-0.1, -0.05) is 37.6 Å². The number of carbonyl (C=O) groups excluding carboxylic acids is 1. The third-order valence-electron chi connectivity index (χ3n) is 4.42. The zero-order valence-electron chi connectivity index (χ0n) is 12.7. The van der Waals surface area contributed by atoms with Crippen LogP contribution in [0.5, 0.6) is 0 Å². The van der Waals surface area contributed by atoms with Gasteiger partial charge in [0.2, 0.25) is 0 Å². The predicted octanol–water partition coefficient (Wildman–Crippen LogP) is 3.15. The van der Waals surface area contributed by atoms with Crippen molar-refractivity contribution in [3.63, 3.8) is 0 Å². The van der Waals surface area contributed by atoms with E-state index in [4.69, 9.17) is 4.74 Å². The molecule has 0 saturated carbocycles. The highest BCUT2D eigenvalue weighted by Crippen LogP contribution is 2.42. The first-order valence-corrected chi connectivity index (χ1v) is 7.33. The lowest BCUT2D eigenvalue weighted by atomic mass is 9.79. The number of aryl methyl sites for hydroxylation is 1. The number of aliphatic hydroxyl groups excluding tert-OH is 1. The molecule has 3 nitrogen and oxygen atoms in total. The number of Topliss-reactive ketones (excluding diaryl/α,β-unsaturated/α-hetero) is 1. The summed E-state index contributed by atoms with van der Waals surface area (Å²) in [5.74, 6) is 0.222. The van der Waals surface area contributed by atoms with Crippen molar-refractivity contribution in [2.45, 2.75) is 52.2 Å². The van der Waals surface area contributed by atoms with Crippen molar-refractivity contribution in [2.24, 2.45) is 5.92 Å². The van der Waals surface area contributed by atoms with Gasteiger partial charge in [0.1, 0.15) is 5.78 Å². The van der Waals surface area contributed by atoms with Crippen molar-refractivity contribution in [2.75, 3.05) is 6.61 Å². The lowest BCUT2D eigenvalue weighted by Crippen LogP contribution is -2.37. The fourth-order valence-electron chi connectivity index (χ4n) is 3.07. The van der Waals surface area contributed by atoms with Gasteiger partial charge in [-0.3, -0.25) is 4.79 Å². The van der Waals surface area contributed by atoms with Crippen LogP contribution in [0.25, 0.3) is 0 Å². The van der Waals surface area contributed by atoms with E-state index < -0.39 is 0 Å². The molecule has 0 radical (unpaired) electrons. The minimum atomic E-state index is -0.124. The number of carbonyl (C=O) groups is 1. The molecule has 110 valence electrons. The number of hydrogen-bond donors (Lipinski definition) is 1. The Morgan fingerprint density at radius 3 is 2.70 bits per heavy atom. The summed E-state index contributed by atoms with van der Waals surface area (Å²) in [5.41, 5.74) is 3.61. The topological polar surface area (TPSA) is 46.5 Å². The van der Waals surface area contributed by atoms with Crippen LogP contribution in [0.2, 0.25) is 0 Å². The van der Waals surface area contributed by atoms with Gasteiger partial charge in [-0.2, -0.15) is 0 Å². The van der Waals surface area contributed by atoms with Crippen LogP contribution < -0.4 is 0 Å². The van der Waals surface area contributed by atoms with Crippen molar-refractivity contribution in [1.82, 2.24) is 0 Å². The summed E-state index contributed by atoms with van der Waals surface area (Å²) in [7, 11) is 0. The summed E-state index contributed by atoms with van der Waals surface area (Å²) in [5, 5.41) is 9.27. The van der Waals surface area contributed by atoms with Gasteiger partial charge in [0.05, 0.1) is 12.2 Å². The van der Waals surface area contributed by atoms with Gasteiger partial charge in [-0.15, -0.1) is 0 Å². The highest BCUT2D eigenvalue weighted by molar-refractivity contribution is 5.78. The quantitative estimate of drug-likeness (QED) is 0.919. The van der Waals surface area contributed by atoms with E-state index in [1.54, 1.807) is 6.92 Å². The summed E-state index contributed by atoms with van der Waals surface area (Å²) >= 11 is 0. The van der Waals surface area contributed by atoms with E-state index in [1.165, 1.54) is 16.7 Å². The minimum Gasteiger partial charge on any atom is -0.396 e. The monoisotopic (exact) mass is 276 g/mol. The second-order valence-electron chi connectivity index (χ2n) is 5.92. The highest BCUT2D eigenvalue weighted by atomic mass is 16.5. The van der Waals surface area contributed by atoms with E-state index in [1.807, 2.05) is 6.92 Å². The Morgan fingerprint density at radius 1 is 1.40 bits per heavy atom. The Labute approximate surface area is 121 Å². The first kappa shape index (κ1) is 15.2. The van der Waals surface area contributed by atoms with Gasteiger partial charge in [0.15, 0.2) is 0 Å². The van der Waals surface area contributed by atoms with Crippen LogP contribution in [-0.2, 0) is 9.53 Å². The maximum absolute atomic E-state index is 11.7. The molecule has 1 aromatic carbocycles. The molecule has 0 aliphatic carbocycles. The molecule has 1 N–H and O–H groups in total. The highest BCUT2D eigenvalue weighted by Gasteiger charge is 2.37. The first-order chi connectivity index (χ1) is 9.45. The molecule has 0 saturated heterocycles. The Kier molecular flexibility index (Phi) is 4.61. The SMILES string of the molecule is CC(=O)[C@@H](C)[C@@H]1O[C@H](CCO)c2cc(C)ccc2[C@@H]1C. The van der Waals surface area contributed by atoms with Crippen molar-refractivity contribution < 1.29 is 14.6 Å². The normalized spacial score (nSPS) is 26.9. The summed E-state index contributed by atoms with van der Waals surface area (Å²) in [6, 6.07) is 6.38. The first-order valence-electron chi connectivity index (χ1n) is 7.33. The third-order valence-corrected chi connectivity index (χ3v) is 4.42. The molecular weight excluding hydrogens is 252 g/mol. The van der Waals surface area contributed by atoms with E-state index in [9.17, 15) is 9.90 Å². The van der Waals surface area contributed by atoms with E-state index in [0.29, 0.717) is 6.42 Å². The standard InChI is InChI=1S/C17H24O3/c1-10-5-6-14-12(3)17(11(2)13(4)19)20-16(7-8-18)15(14)9-10/h5-6,9,11-12,16-18H,7-8H2,1-4H3/t11-,12+,16-,17+/m1/s1. The molecule has 4 atom stereocenters. The number of ether oxygens (including phenoxy) is 1. The van der Waals surface area contributed by atoms with Crippen LogP contribution in [-0.4, -0.2) is 23.6 Å². The van der Waals surface area contributed by atoms with Crippen LogP contribution in [0, 0.1) is 12.8 Å². The average Bonchev–Trinajstić information content (AvgIpc) is 2.41. The number of fused-ring (bicyclic) bond motifs is 1. The average molecular weight is 276 g/mol. The number of benzene rings is 1. The van der Waals surface area contributed by atoms with E-state index in [-0.39, 0.29) is 36.4 Å². The number of rotatable bonds is 4. The molecule has 1 aliphatic heterocycles. The summed E-state index contributed by atoms with van der Waals surface area (Å²) in [4.78, 5) is 11.7. The Balaban J connectivity index is 2.40. The fraction of sp³-hybridized carbons (Fsp3) is 0.588. The van der Waals surface area contributed by atoms with Gasteiger partial charge in [-0.25, -0.2) is 0 Å².